The molecule has 14 heavy (non-hydrogen) atoms. The average Bonchev–Trinajstić information content (AvgIpc) is 2.89. The van der Waals surface area contributed by atoms with Gasteiger partial charge in [-0.2, -0.15) is 0 Å². The molecule has 1 nitrogen and oxygen atoms in total. The first kappa shape index (κ1) is 10.8. The molecule has 0 saturated heterocycles. The van der Waals surface area contributed by atoms with Crippen LogP contribution in [0.15, 0.2) is 0 Å². The van der Waals surface area contributed by atoms with Crippen LogP contribution < -0.4 is 0 Å². The molecule has 0 aromatic rings. The fourth-order valence-corrected chi connectivity index (χ4v) is 2.37. The average molecular weight is 216 g/mol. The molecule has 0 aromatic carbocycles. The third-order valence-corrected chi connectivity index (χ3v) is 3.96. The van der Waals surface area contributed by atoms with Crippen molar-refractivity contribution in [3.63, 3.8) is 0 Å². The van der Waals surface area contributed by atoms with Crippen molar-refractivity contribution in [1.82, 2.24) is 4.90 Å². The molecule has 0 bridgehead atoms. The second-order valence-corrected chi connectivity index (χ2v) is 5.27. The van der Waals surface area contributed by atoms with E-state index in [1.54, 1.807) is 0 Å². The van der Waals surface area contributed by atoms with Crippen LogP contribution in [0.5, 0.6) is 0 Å². The third-order valence-electron chi connectivity index (χ3n) is 3.69. The van der Waals surface area contributed by atoms with E-state index in [-0.39, 0.29) is 0 Å². The Morgan fingerprint density at radius 1 is 1.07 bits per heavy atom. The van der Waals surface area contributed by atoms with E-state index in [1.807, 2.05) is 0 Å². The molecular formula is C12H22ClN. The lowest BCUT2D eigenvalue weighted by molar-refractivity contribution is 0.124. The van der Waals surface area contributed by atoms with E-state index in [1.165, 1.54) is 58.0 Å². The van der Waals surface area contributed by atoms with E-state index in [2.05, 4.69) is 4.90 Å². The Balaban J connectivity index is 1.66. The van der Waals surface area contributed by atoms with Crippen molar-refractivity contribution in [2.45, 2.75) is 51.0 Å². The summed E-state index contributed by atoms with van der Waals surface area (Å²) in [6.07, 6.45) is 9.93. The highest BCUT2D eigenvalue weighted by atomic mass is 35.5. The molecule has 2 fully saturated rings. The molecule has 2 saturated carbocycles. The van der Waals surface area contributed by atoms with Gasteiger partial charge >= 0.3 is 0 Å². The quantitative estimate of drug-likeness (QED) is 0.590. The fourth-order valence-electron chi connectivity index (χ4n) is 2.25. The minimum Gasteiger partial charge on any atom is -0.300 e. The zero-order valence-electron chi connectivity index (χ0n) is 9.05. The summed E-state index contributed by atoms with van der Waals surface area (Å²) >= 11 is 5.76. The van der Waals surface area contributed by atoms with Gasteiger partial charge in [0.1, 0.15) is 0 Å². The molecular weight excluding hydrogens is 194 g/mol. The molecule has 82 valence electrons. The maximum atomic E-state index is 5.76. The molecule has 0 amide bonds. The summed E-state index contributed by atoms with van der Waals surface area (Å²) < 4.78 is 0. The van der Waals surface area contributed by atoms with Crippen molar-refractivity contribution >= 4 is 11.6 Å². The van der Waals surface area contributed by atoms with Crippen LogP contribution in [0.25, 0.3) is 0 Å². The number of rotatable bonds is 7. The number of nitrogens with zero attached hydrogens (tertiary/aromatic N) is 1. The van der Waals surface area contributed by atoms with E-state index in [0.717, 1.165) is 17.8 Å². The Kier molecular flexibility index (Phi) is 4.12. The molecule has 0 aromatic heterocycles. The molecule has 0 heterocycles. The van der Waals surface area contributed by atoms with Gasteiger partial charge in [-0.3, -0.25) is 0 Å². The Bertz CT molecular complexity index is 164. The van der Waals surface area contributed by atoms with E-state index in [4.69, 9.17) is 11.6 Å². The van der Waals surface area contributed by atoms with Crippen LogP contribution in [-0.2, 0) is 0 Å². The highest BCUT2D eigenvalue weighted by molar-refractivity contribution is 6.17. The Morgan fingerprint density at radius 3 is 2.36 bits per heavy atom. The highest BCUT2D eigenvalue weighted by Gasteiger charge is 2.27. The summed E-state index contributed by atoms with van der Waals surface area (Å²) in [6.45, 7) is 2.58. The van der Waals surface area contributed by atoms with Crippen molar-refractivity contribution in [2.75, 3.05) is 19.0 Å². The van der Waals surface area contributed by atoms with Crippen molar-refractivity contribution < 1.29 is 0 Å². The van der Waals surface area contributed by atoms with Crippen molar-refractivity contribution in [1.29, 1.82) is 0 Å². The summed E-state index contributed by atoms with van der Waals surface area (Å²) in [7, 11) is 0. The summed E-state index contributed by atoms with van der Waals surface area (Å²) in [6, 6.07) is 0.914. The predicted octanol–water partition coefficient (Wildman–Crippen LogP) is 3.27. The van der Waals surface area contributed by atoms with Crippen LogP contribution in [0, 0.1) is 5.92 Å². The molecule has 0 N–H and O–H groups in total. The Hall–Kier alpha value is 0.250. The van der Waals surface area contributed by atoms with E-state index < -0.39 is 0 Å². The topological polar surface area (TPSA) is 3.24 Å². The zero-order chi connectivity index (χ0) is 9.80. The highest BCUT2D eigenvalue weighted by Crippen LogP contribution is 2.33. The smallest absolute Gasteiger partial charge is 0.0235 e. The lowest BCUT2D eigenvalue weighted by Crippen LogP contribution is -2.41. The normalized spacial score (nSPS) is 22.7. The molecule has 0 unspecified atom stereocenters. The van der Waals surface area contributed by atoms with Crippen LogP contribution >= 0.6 is 11.6 Å². The van der Waals surface area contributed by atoms with E-state index in [0.29, 0.717) is 0 Å². The minimum absolute atomic E-state index is 0.826. The number of halogens is 1. The number of hydrogen-bond donors (Lipinski definition) is 0. The minimum atomic E-state index is 0.826. The molecule has 0 radical (unpaired) electrons. The van der Waals surface area contributed by atoms with Crippen LogP contribution in [-0.4, -0.2) is 29.9 Å². The van der Waals surface area contributed by atoms with Gasteiger partial charge in [0.05, 0.1) is 0 Å². The molecule has 0 spiro atoms. The maximum Gasteiger partial charge on any atom is 0.0235 e. The zero-order valence-corrected chi connectivity index (χ0v) is 9.81. The van der Waals surface area contributed by atoms with Gasteiger partial charge in [-0.25, -0.2) is 0 Å². The van der Waals surface area contributed by atoms with Crippen molar-refractivity contribution in [3.05, 3.63) is 0 Å². The first-order chi connectivity index (χ1) is 6.90. The molecule has 2 heteroatoms. The summed E-state index contributed by atoms with van der Waals surface area (Å²) in [5.74, 6) is 1.90. The van der Waals surface area contributed by atoms with Gasteiger partial charge in [0, 0.05) is 11.9 Å². The van der Waals surface area contributed by atoms with Crippen LogP contribution in [0.4, 0.5) is 0 Å². The van der Waals surface area contributed by atoms with Gasteiger partial charge in [-0.15, -0.1) is 11.6 Å². The summed E-state index contributed by atoms with van der Waals surface area (Å²) in [5, 5.41) is 0. The Morgan fingerprint density at radius 2 is 1.86 bits per heavy atom. The van der Waals surface area contributed by atoms with E-state index >= 15 is 0 Å². The van der Waals surface area contributed by atoms with E-state index in [9.17, 15) is 0 Å². The van der Waals surface area contributed by atoms with Gasteiger partial charge in [0.2, 0.25) is 0 Å². The Labute approximate surface area is 92.8 Å². The summed E-state index contributed by atoms with van der Waals surface area (Å²) in [5.41, 5.74) is 0. The third kappa shape index (κ3) is 3.13. The molecule has 0 aliphatic heterocycles. The molecule has 2 aliphatic carbocycles. The molecule has 2 rings (SSSR count). The van der Waals surface area contributed by atoms with Gasteiger partial charge < -0.3 is 4.90 Å². The van der Waals surface area contributed by atoms with Crippen molar-refractivity contribution in [2.24, 2.45) is 5.92 Å². The SMILES string of the molecule is ClCCCN(CCC1CC1)C1CCC1. The molecule has 2 aliphatic rings. The van der Waals surface area contributed by atoms with Crippen LogP contribution in [0.3, 0.4) is 0 Å². The van der Waals surface area contributed by atoms with Gasteiger partial charge in [-0.05, 0) is 44.7 Å². The predicted molar refractivity (Wildman–Crippen MR) is 61.9 cm³/mol. The lowest BCUT2D eigenvalue weighted by Gasteiger charge is -2.37. The first-order valence-electron chi connectivity index (χ1n) is 6.20. The largest absolute Gasteiger partial charge is 0.300 e. The van der Waals surface area contributed by atoms with Crippen LogP contribution in [0.1, 0.15) is 44.9 Å². The fraction of sp³-hybridized carbons (Fsp3) is 1.00. The van der Waals surface area contributed by atoms with Crippen molar-refractivity contribution in [3.8, 4) is 0 Å². The van der Waals surface area contributed by atoms with Gasteiger partial charge in [-0.1, -0.05) is 19.3 Å². The van der Waals surface area contributed by atoms with Gasteiger partial charge in [0.15, 0.2) is 0 Å². The lowest BCUT2D eigenvalue weighted by atomic mass is 9.91. The number of alkyl halides is 1. The second-order valence-electron chi connectivity index (χ2n) is 4.90. The first-order valence-corrected chi connectivity index (χ1v) is 6.73. The van der Waals surface area contributed by atoms with Crippen LogP contribution in [0.2, 0.25) is 0 Å². The standard InChI is InChI=1S/C12H22ClN/c13-8-2-9-14(12-3-1-4-12)10-7-11-5-6-11/h11-12H,1-10H2. The molecule has 0 atom stereocenters. The monoisotopic (exact) mass is 215 g/mol. The maximum absolute atomic E-state index is 5.76. The number of hydrogen-bond acceptors (Lipinski definition) is 1. The second kappa shape index (κ2) is 5.37. The van der Waals surface area contributed by atoms with Gasteiger partial charge in [0.25, 0.3) is 0 Å². The summed E-state index contributed by atoms with van der Waals surface area (Å²) in [4.78, 5) is 2.70.